The lowest BCUT2D eigenvalue weighted by molar-refractivity contribution is 0.0985. The molecule has 1 saturated heterocycles. The number of imidazole rings is 1. The fourth-order valence-electron chi connectivity index (χ4n) is 3.50. The molecule has 0 saturated carbocycles. The molecule has 0 aliphatic carbocycles. The molecule has 0 radical (unpaired) electrons. The summed E-state index contributed by atoms with van der Waals surface area (Å²) in [5.41, 5.74) is 8.29. The zero-order valence-electron chi connectivity index (χ0n) is 17.6. The summed E-state index contributed by atoms with van der Waals surface area (Å²) in [6, 6.07) is 9.54. The number of rotatable bonds is 4. The molecule has 2 atom stereocenters. The van der Waals surface area contributed by atoms with E-state index in [-0.39, 0.29) is 12.0 Å². The number of nitrogens with zero attached hydrogens (tertiary/aromatic N) is 5. The lowest BCUT2D eigenvalue weighted by atomic mass is 10.1. The summed E-state index contributed by atoms with van der Waals surface area (Å²) >= 11 is 0. The zero-order chi connectivity index (χ0) is 21.7. The molecule has 30 heavy (non-hydrogen) atoms. The third kappa shape index (κ3) is 3.39. The highest BCUT2D eigenvalue weighted by Gasteiger charge is 2.33. The van der Waals surface area contributed by atoms with Crippen molar-refractivity contribution in [1.29, 1.82) is 4.78 Å². The summed E-state index contributed by atoms with van der Waals surface area (Å²) < 4.78 is 27.3. The van der Waals surface area contributed by atoms with Crippen LogP contribution in [0.15, 0.2) is 30.3 Å². The molecule has 0 spiro atoms. The minimum Gasteiger partial charge on any atom is -0.377 e. The first-order chi connectivity index (χ1) is 14.1. The number of ether oxygens (including phenoxy) is 1. The molecule has 10 heteroatoms. The highest BCUT2D eigenvalue weighted by atomic mass is 32.2. The van der Waals surface area contributed by atoms with Gasteiger partial charge in [0.25, 0.3) is 0 Å². The molecule has 2 aromatic heterocycles. The molecule has 1 aromatic carbocycles. The average molecular weight is 430 g/mol. The van der Waals surface area contributed by atoms with Gasteiger partial charge >= 0.3 is 0 Å². The van der Waals surface area contributed by atoms with E-state index in [2.05, 4.69) is 16.8 Å². The first-order valence-electron chi connectivity index (χ1n) is 9.80. The number of fused-ring (bicyclic) bond motifs is 1. The number of nitrogen functional groups attached to an aromatic ring is 1. The van der Waals surface area contributed by atoms with Gasteiger partial charge in [-0.05, 0) is 32.9 Å². The van der Waals surface area contributed by atoms with Gasteiger partial charge in [0.1, 0.15) is 5.82 Å². The summed E-state index contributed by atoms with van der Waals surface area (Å²) in [6.45, 7) is 7.49. The van der Waals surface area contributed by atoms with E-state index >= 15 is 0 Å². The van der Waals surface area contributed by atoms with Gasteiger partial charge < -0.3 is 15.4 Å². The molecule has 3 N–H and O–H groups in total. The third-order valence-electron chi connectivity index (χ3n) is 5.74. The average Bonchev–Trinajstić information content (AvgIpc) is 3.02. The van der Waals surface area contributed by atoms with Crippen LogP contribution in [0.1, 0.15) is 26.5 Å². The van der Waals surface area contributed by atoms with Crippen LogP contribution in [0.2, 0.25) is 0 Å². The summed E-state index contributed by atoms with van der Waals surface area (Å²) in [6.07, 6.45) is 1.44. The molecule has 1 aliphatic rings. The van der Waals surface area contributed by atoms with Gasteiger partial charge in [0, 0.05) is 18.9 Å². The van der Waals surface area contributed by atoms with Crippen molar-refractivity contribution >= 4 is 32.5 Å². The Kier molecular flexibility index (Phi) is 4.94. The molecule has 0 amide bonds. The van der Waals surface area contributed by atoms with Crippen molar-refractivity contribution in [1.82, 2.24) is 19.5 Å². The molecule has 9 nitrogen and oxygen atoms in total. The van der Waals surface area contributed by atoms with E-state index in [0.717, 1.165) is 11.0 Å². The quantitative estimate of drug-likeness (QED) is 0.653. The Morgan fingerprint density at radius 1 is 1.27 bits per heavy atom. The maximum Gasteiger partial charge on any atom is 0.239 e. The van der Waals surface area contributed by atoms with Crippen LogP contribution in [0.5, 0.6) is 0 Å². The van der Waals surface area contributed by atoms with Gasteiger partial charge in [-0.2, -0.15) is 4.98 Å². The number of aromatic nitrogens is 4. The number of benzene rings is 1. The van der Waals surface area contributed by atoms with Crippen molar-refractivity contribution in [3.05, 3.63) is 36.0 Å². The van der Waals surface area contributed by atoms with E-state index < -0.39 is 14.5 Å². The van der Waals surface area contributed by atoms with Crippen molar-refractivity contribution in [2.45, 2.75) is 31.6 Å². The summed E-state index contributed by atoms with van der Waals surface area (Å²) in [4.78, 5) is 16.1. The SMILES string of the molecule is C[C@@H]1COCCN1c1cc(C(C)(C)S(C)(=N)=O)nc(-n2c(N)nc3ccccc32)n1. The molecule has 4 rings (SSSR count). The summed E-state index contributed by atoms with van der Waals surface area (Å²) in [5.74, 6) is 1.32. The molecule has 1 fully saturated rings. The van der Waals surface area contributed by atoms with Gasteiger partial charge in [0.15, 0.2) is 0 Å². The lowest BCUT2D eigenvalue weighted by Gasteiger charge is -2.35. The Morgan fingerprint density at radius 2 is 2.00 bits per heavy atom. The predicted octanol–water partition coefficient (Wildman–Crippen LogP) is 2.53. The van der Waals surface area contributed by atoms with Crippen LogP contribution in [0.3, 0.4) is 0 Å². The van der Waals surface area contributed by atoms with E-state index in [0.29, 0.717) is 37.2 Å². The van der Waals surface area contributed by atoms with Crippen molar-refractivity contribution in [2.75, 3.05) is 36.6 Å². The summed E-state index contributed by atoms with van der Waals surface area (Å²) in [7, 11) is -2.94. The number of para-hydroxylation sites is 2. The highest BCUT2D eigenvalue weighted by molar-refractivity contribution is 7.92. The van der Waals surface area contributed by atoms with Gasteiger partial charge in [0.05, 0.1) is 50.5 Å². The number of hydrogen-bond acceptors (Lipinski definition) is 8. The molecular weight excluding hydrogens is 402 g/mol. The maximum absolute atomic E-state index is 12.8. The van der Waals surface area contributed by atoms with Crippen molar-refractivity contribution in [3.63, 3.8) is 0 Å². The van der Waals surface area contributed by atoms with Crippen LogP contribution in [0.25, 0.3) is 17.0 Å². The predicted molar refractivity (Wildman–Crippen MR) is 119 cm³/mol. The normalized spacial score (nSPS) is 19.7. The third-order valence-corrected chi connectivity index (χ3v) is 7.90. The Balaban J connectivity index is 1.97. The Bertz CT molecular complexity index is 1200. The monoisotopic (exact) mass is 429 g/mol. The molecule has 1 aliphatic heterocycles. The van der Waals surface area contributed by atoms with E-state index in [1.165, 1.54) is 6.26 Å². The van der Waals surface area contributed by atoms with Crippen LogP contribution in [0, 0.1) is 4.78 Å². The van der Waals surface area contributed by atoms with Crippen LogP contribution < -0.4 is 10.6 Å². The molecule has 160 valence electrons. The minimum absolute atomic E-state index is 0.122. The Labute approximate surface area is 176 Å². The van der Waals surface area contributed by atoms with Crippen LogP contribution in [-0.4, -0.2) is 55.8 Å². The van der Waals surface area contributed by atoms with E-state index in [1.54, 1.807) is 18.4 Å². The van der Waals surface area contributed by atoms with Crippen LogP contribution >= 0.6 is 0 Å². The van der Waals surface area contributed by atoms with Gasteiger partial charge in [-0.1, -0.05) is 12.1 Å². The number of anilines is 2. The standard InChI is InChI=1S/C20H27N7O2S/c1-13-12-29-10-9-26(13)17-11-16(20(2,3)30(4,22)28)24-19(25-17)27-15-8-6-5-7-14(15)23-18(27)21/h5-8,11,13,22H,9-10,12H2,1-4H3,(H2,21,23)/t13-,30?/m1/s1. The first-order valence-corrected chi connectivity index (χ1v) is 11.8. The molecular formula is C20H27N7O2S. The van der Waals surface area contributed by atoms with Gasteiger partial charge in [-0.3, -0.25) is 4.78 Å². The smallest absolute Gasteiger partial charge is 0.239 e. The van der Waals surface area contributed by atoms with E-state index in [9.17, 15) is 4.21 Å². The van der Waals surface area contributed by atoms with Gasteiger partial charge in [0.2, 0.25) is 11.9 Å². The fourth-order valence-corrected chi connectivity index (χ4v) is 4.00. The van der Waals surface area contributed by atoms with Crippen LogP contribution in [0.4, 0.5) is 11.8 Å². The molecule has 0 bridgehead atoms. The van der Waals surface area contributed by atoms with Crippen LogP contribution in [-0.2, 0) is 19.2 Å². The first kappa shape index (κ1) is 20.5. The second-order valence-electron chi connectivity index (χ2n) is 8.18. The molecule has 3 aromatic rings. The summed E-state index contributed by atoms with van der Waals surface area (Å²) in [5, 5.41) is 0. The fraction of sp³-hybridized carbons (Fsp3) is 0.450. The Hall–Kier alpha value is -2.72. The van der Waals surface area contributed by atoms with Crippen molar-refractivity contribution in [3.8, 4) is 5.95 Å². The molecule has 3 heterocycles. The highest BCUT2D eigenvalue weighted by Crippen LogP contribution is 2.32. The second-order valence-corrected chi connectivity index (χ2v) is 10.9. The van der Waals surface area contributed by atoms with E-state index in [4.69, 9.17) is 25.2 Å². The topological polar surface area (TPSA) is 123 Å². The van der Waals surface area contributed by atoms with Gasteiger partial charge in [-0.15, -0.1) is 0 Å². The number of nitrogens with one attached hydrogen (secondary N) is 1. The van der Waals surface area contributed by atoms with E-state index in [1.807, 2.05) is 30.3 Å². The number of hydrogen-bond donors (Lipinski definition) is 2. The second kappa shape index (κ2) is 7.21. The molecule has 1 unspecified atom stereocenters. The van der Waals surface area contributed by atoms with Crippen molar-refractivity contribution < 1.29 is 8.95 Å². The Morgan fingerprint density at radius 3 is 2.70 bits per heavy atom. The maximum atomic E-state index is 12.8. The number of morpholine rings is 1. The van der Waals surface area contributed by atoms with Crippen molar-refractivity contribution in [2.24, 2.45) is 0 Å². The number of nitrogens with two attached hydrogens (primary N) is 1. The minimum atomic E-state index is -2.94. The van der Waals surface area contributed by atoms with Gasteiger partial charge in [-0.25, -0.2) is 18.7 Å². The lowest BCUT2D eigenvalue weighted by Crippen LogP contribution is -2.44. The zero-order valence-corrected chi connectivity index (χ0v) is 18.4. The largest absolute Gasteiger partial charge is 0.377 e.